The standard InChI is InChI=1S/C3H6I.C2H4O2.K/c1-2-3-4;1-2(3)4;/h3H,2H2,1H3;1H3,(H,3,4);/q-1;;+1. The summed E-state index contributed by atoms with van der Waals surface area (Å²) in [6.07, 6.45) is 1.18. The normalized spacial score (nSPS) is 6.11. The molecule has 0 unspecified atom stereocenters. The Bertz CT molecular complexity index is 52.9. The smallest absolute Gasteiger partial charge is 0.481 e. The van der Waals surface area contributed by atoms with E-state index >= 15 is 0 Å². The molecule has 0 aliphatic rings. The van der Waals surface area contributed by atoms with E-state index in [1.165, 1.54) is 6.42 Å². The number of aliphatic carboxylic acids is 1. The van der Waals surface area contributed by atoms with Gasteiger partial charge in [0, 0.05) is 6.92 Å². The molecular weight excluding hydrogens is 258 g/mol. The molecule has 0 aliphatic heterocycles. The molecule has 0 aromatic carbocycles. The summed E-state index contributed by atoms with van der Waals surface area (Å²) in [6.45, 7) is 3.20. The van der Waals surface area contributed by atoms with Crippen molar-refractivity contribution in [3.63, 3.8) is 0 Å². The van der Waals surface area contributed by atoms with Gasteiger partial charge in [-0.3, -0.25) is 9.22 Å². The molecule has 9 heavy (non-hydrogen) atoms. The van der Waals surface area contributed by atoms with Gasteiger partial charge in [-0.1, -0.05) is 6.92 Å². The number of carboxylic acid groups (broad SMARTS) is 1. The molecule has 2 nitrogen and oxygen atoms in total. The second-order valence-electron chi connectivity index (χ2n) is 1.08. The van der Waals surface area contributed by atoms with Gasteiger partial charge in [-0.05, 0) is 0 Å². The van der Waals surface area contributed by atoms with Crippen LogP contribution in [0.15, 0.2) is 0 Å². The average molecular weight is 268 g/mol. The van der Waals surface area contributed by atoms with Crippen LogP contribution in [0.3, 0.4) is 0 Å². The Morgan fingerprint density at radius 1 is 1.78 bits per heavy atom. The van der Waals surface area contributed by atoms with Gasteiger partial charge in [0.2, 0.25) is 0 Å². The molecular formula is C5H10IKO2. The number of hydrogen-bond acceptors (Lipinski definition) is 1. The second kappa shape index (κ2) is 16.4. The van der Waals surface area contributed by atoms with Crippen molar-refractivity contribution >= 4 is 28.6 Å². The summed E-state index contributed by atoms with van der Waals surface area (Å²) in [5.74, 6) is -0.833. The minimum Gasteiger partial charge on any atom is -0.481 e. The molecule has 0 heterocycles. The first-order valence-corrected chi connectivity index (χ1v) is 3.51. The van der Waals surface area contributed by atoms with E-state index in [0.29, 0.717) is 0 Å². The van der Waals surface area contributed by atoms with Crippen LogP contribution in [0.25, 0.3) is 0 Å². The van der Waals surface area contributed by atoms with Crippen LogP contribution in [0, 0.1) is 4.43 Å². The zero-order valence-corrected chi connectivity index (χ0v) is 11.3. The quantitative estimate of drug-likeness (QED) is 0.380. The predicted molar refractivity (Wildman–Crippen MR) is 41.9 cm³/mol. The molecule has 0 saturated heterocycles. The monoisotopic (exact) mass is 268 g/mol. The predicted octanol–water partition coefficient (Wildman–Crippen LogP) is -0.912. The second-order valence-corrected chi connectivity index (χ2v) is 1.96. The van der Waals surface area contributed by atoms with Gasteiger partial charge in [-0.15, -0.1) is 0 Å². The van der Waals surface area contributed by atoms with Gasteiger partial charge in [0.05, 0.1) is 0 Å². The maximum atomic E-state index is 9.00. The summed E-state index contributed by atoms with van der Waals surface area (Å²) in [4.78, 5) is 9.00. The van der Waals surface area contributed by atoms with Gasteiger partial charge in [0.25, 0.3) is 5.97 Å². The van der Waals surface area contributed by atoms with Gasteiger partial charge in [0.15, 0.2) is 0 Å². The van der Waals surface area contributed by atoms with Crippen LogP contribution in [0.5, 0.6) is 0 Å². The Morgan fingerprint density at radius 2 is 1.89 bits per heavy atom. The fourth-order valence-corrected chi connectivity index (χ4v) is 0. The van der Waals surface area contributed by atoms with Crippen LogP contribution in [0.1, 0.15) is 20.3 Å². The first-order valence-electron chi connectivity index (χ1n) is 2.26. The van der Waals surface area contributed by atoms with Crippen molar-refractivity contribution in [2.24, 2.45) is 0 Å². The molecule has 4 heteroatoms. The molecule has 0 rings (SSSR count). The van der Waals surface area contributed by atoms with E-state index < -0.39 is 5.97 Å². The molecule has 1 N–H and O–H groups in total. The van der Waals surface area contributed by atoms with Crippen molar-refractivity contribution in [3.05, 3.63) is 4.43 Å². The molecule has 0 aromatic rings. The fraction of sp³-hybridized carbons (Fsp3) is 0.600. The number of halogens is 1. The van der Waals surface area contributed by atoms with Crippen LogP contribution in [0.4, 0.5) is 0 Å². The van der Waals surface area contributed by atoms with E-state index in [0.717, 1.165) is 6.92 Å². The Morgan fingerprint density at radius 3 is 1.89 bits per heavy atom. The van der Waals surface area contributed by atoms with E-state index in [-0.39, 0.29) is 51.4 Å². The Labute approximate surface area is 112 Å². The van der Waals surface area contributed by atoms with E-state index in [9.17, 15) is 0 Å². The van der Waals surface area contributed by atoms with Gasteiger partial charge in [-0.2, -0.15) is 6.42 Å². The minimum atomic E-state index is -0.833. The maximum Gasteiger partial charge on any atom is 1.00 e. The summed E-state index contributed by atoms with van der Waals surface area (Å²) < 4.78 is 2.09. The molecule has 0 aliphatic carbocycles. The van der Waals surface area contributed by atoms with Gasteiger partial charge >= 0.3 is 51.4 Å². The molecule has 0 bridgehead atoms. The zero-order valence-electron chi connectivity index (χ0n) is 6.02. The van der Waals surface area contributed by atoms with E-state index in [1.807, 2.05) is 0 Å². The summed E-state index contributed by atoms with van der Waals surface area (Å²) >= 11 is 2.23. The topological polar surface area (TPSA) is 37.3 Å². The van der Waals surface area contributed by atoms with Crippen LogP contribution in [0.2, 0.25) is 0 Å². The summed E-state index contributed by atoms with van der Waals surface area (Å²) in [7, 11) is 0. The number of carboxylic acids is 1. The molecule has 0 atom stereocenters. The Hall–Kier alpha value is 1.84. The summed E-state index contributed by atoms with van der Waals surface area (Å²) in [5.41, 5.74) is 0. The largest absolute Gasteiger partial charge is 1.00 e. The molecule has 0 fully saturated rings. The van der Waals surface area contributed by atoms with Crippen molar-refractivity contribution in [2.75, 3.05) is 0 Å². The zero-order chi connectivity index (χ0) is 6.99. The van der Waals surface area contributed by atoms with E-state index in [1.54, 1.807) is 0 Å². The fourth-order valence-electron chi connectivity index (χ4n) is 0. The Kier molecular flexibility index (Phi) is 31.2. The molecule has 0 radical (unpaired) electrons. The molecule has 0 spiro atoms. The van der Waals surface area contributed by atoms with Crippen molar-refractivity contribution in [3.8, 4) is 0 Å². The summed E-state index contributed by atoms with van der Waals surface area (Å²) in [6, 6.07) is 0. The molecule has 0 aromatic heterocycles. The number of carbonyl (C=O) groups is 1. The first kappa shape index (κ1) is 17.1. The maximum absolute atomic E-state index is 9.00. The first-order chi connectivity index (χ1) is 3.65. The molecule has 0 amide bonds. The van der Waals surface area contributed by atoms with E-state index in [4.69, 9.17) is 9.90 Å². The third-order valence-electron chi connectivity index (χ3n) is 0.154. The van der Waals surface area contributed by atoms with Crippen molar-refractivity contribution in [1.82, 2.24) is 0 Å². The molecule has 50 valence electrons. The van der Waals surface area contributed by atoms with E-state index in [2.05, 4.69) is 33.9 Å². The van der Waals surface area contributed by atoms with Crippen LogP contribution >= 0.6 is 22.6 Å². The SMILES string of the molecule is CC(=O)O.CC[CH-]I.[K+]. The number of hydrogen-bond donors (Lipinski definition) is 1. The van der Waals surface area contributed by atoms with Gasteiger partial charge < -0.3 is 27.7 Å². The van der Waals surface area contributed by atoms with Gasteiger partial charge in [0.1, 0.15) is 0 Å². The van der Waals surface area contributed by atoms with Gasteiger partial charge in [-0.25, -0.2) is 0 Å². The Balaban J connectivity index is -0.0000000720. The van der Waals surface area contributed by atoms with Crippen LogP contribution in [-0.2, 0) is 4.79 Å². The average Bonchev–Trinajstić information content (AvgIpc) is 1.65. The van der Waals surface area contributed by atoms with Crippen LogP contribution in [-0.4, -0.2) is 11.1 Å². The molecule has 0 saturated carbocycles. The van der Waals surface area contributed by atoms with Crippen molar-refractivity contribution < 1.29 is 61.3 Å². The minimum absolute atomic E-state index is 0. The van der Waals surface area contributed by atoms with Crippen molar-refractivity contribution in [1.29, 1.82) is 0 Å². The van der Waals surface area contributed by atoms with Crippen molar-refractivity contribution in [2.45, 2.75) is 20.3 Å². The van der Waals surface area contributed by atoms with Crippen LogP contribution < -0.4 is 51.4 Å². The third kappa shape index (κ3) is 75.1. The third-order valence-corrected chi connectivity index (χ3v) is 1.04. The summed E-state index contributed by atoms with van der Waals surface area (Å²) in [5, 5.41) is 7.42. The number of rotatable bonds is 1.